The van der Waals surface area contributed by atoms with Gasteiger partial charge in [0.25, 0.3) is 0 Å². The lowest BCUT2D eigenvalue weighted by Gasteiger charge is -2.37. The highest BCUT2D eigenvalue weighted by atomic mass is 16.6. The minimum Gasteiger partial charge on any atom is -0.490 e. The summed E-state index contributed by atoms with van der Waals surface area (Å²) < 4.78 is 17.4. The van der Waals surface area contributed by atoms with E-state index in [2.05, 4.69) is 0 Å². The normalized spacial score (nSPS) is 32.8. The number of para-hydroxylation sites is 1. The molecule has 0 aliphatic carbocycles. The van der Waals surface area contributed by atoms with Crippen molar-refractivity contribution in [1.82, 2.24) is 0 Å². The monoisotopic (exact) mass is 234 g/mol. The lowest BCUT2D eigenvalue weighted by Crippen LogP contribution is -2.44. The molecule has 0 amide bonds. The Labute approximate surface area is 102 Å². The van der Waals surface area contributed by atoms with Crippen molar-refractivity contribution in [1.29, 1.82) is 0 Å². The van der Waals surface area contributed by atoms with Crippen LogP contribution in [0.4, 0.5) is 0 Å². The molecule has 2 atom stereocenters. The van der Waals surface area contributed by atoms with Crippen LogP contribution in [0.15, 0.2) is 30.3 Å². The van der Waals surface area contributed by atoms with E-state index in [0.717, 1.165) is 44.8 Å². The van der Waals surface area contributed by atoms with E-state index in [1.54, 1.807) is 0 Å². The third-order valence-electron chi connectivity index (χ3n) is 3.56. The molecule has 0 bridgehead atoms. The fraction of sp³-hybridized carbons (Fsp3) is 0.571. The van der Waals surface area contributed by atoms with Gasteiger partial charge in [0.2, 0.25) is 0 Å². The van der Waals surface area contributed by atoms with Gasteiger partial charge in [-0.3, -0.25) is 0 Å². The average molecular weight is 234 g/mol. The molecular weight excluding hydrogens is 216 g/mol. The van der Waals surface area contributed by atoms with E-state index in [-0.39, 0.29) is 11.7 Å². The van der Waals surface area contributed by atoms with Gasteiger partial charge in [-0.1, -0.05) is 18.2 Å². The number of hydrogen-bond acceptors (Lipinski definition) is 3. The molecule has 3 heteroatoms. The molecular formula is C14H18O3. The minimum absolute atomic E-state index is 0.0717. The fourth-order valence-electron chi connectivity index (χ4n) is 2.64. The zero-order valence-electron chi connectivity index (χ0n) is 9.93. The molecule has 2 saturated heterocycles. The summed E-state index contributed by atoms with van der Waals surface area (Å²) in [6.07, 6.45) is 3.17. The van der Waals surface area contributed by atoms with Crippen molar-refractivity contribution in [3.05, 3.63) is 30.3 Å². The zero-order chi connectivity index (χ0) is 11.6. The molecule has 2 aliphatic rings. The van der Waals surface area contributed by atoms with Crippen LogP contribution in [0.5, 0.6) is 5.75 Å². The Morgan fingerprint density at radius 3 is 2.82 bits per heavy atom. The highest BCUT2D eigenvalue weighted by Crippen LogP contribution is 2.34. The summed E-state index contributed by atoms with van der Waals surface area (Å²) >= 11 is 0. The van der Waals surface area contributed by atoms with E-state index < -0.39 is 0 Å². The van der Waals surface area contributed by atoms with E-state index in [1.165, 1.54) is 0 Å². The first-order valence-corrected chi connectivity index (χ1v) is 6.30. The lowest BCUT2D eigenvalue weighted by atomic mass is 9.91. The first-order valence-electron chi connectivity index (χ1n) is 6.30. The van der Waals surface area contributed by atoms with E-state index in [1.807, 2.05) is 30.3 Å². The third-order valence-corrected chi connectivity index (χ3v) is 3.56. The van der Waals surface area contributed by atoms with Crippen LogP contribution >= 0.6 is 0 Å². The maximum absolute atomic E-state index is 6.01. The molecule has 3 nitrogen and oxygen atoms in total. The van der Waals surface area contributed by atoms with Gasteiger partial charge in [0.05, 0.1) is 18.8 Å². The highest BCUT2D eigenvalue weighted by Gasteiger charge is 2.41. The minimum atomic E-state index is -0.0717. The Kier molecular flexibility index (Phi) is 3.04. The Morgan fingerprint density at radius 1 is 1.18 bits per heavy atom. The standard InChI is InChI=1S/C14H18O3/c1-2-4-12(5-3-1)17-13-6-8-16-14(10-13)7-9-15-11-14/h1-5,13H,6-11H2. The molecule has 1 aromatic carbocycles. The van der Waals surface area contributed by atoms with Crippen molar-refractivity contribution in [3.63, 3.8) is 0 Å². The van der Waals surface area contributed by atoms with Gasteiger partial charge >= 0.3 is 0 Å². The first kappa shape index (κ1) is 11.1. The second kappa shape index (κ2) is 4.67. The predicted molar refractivity (Wildman–Crippen MR) is 64.2 cm³/mol. The molecule has 0 aromatic heterocycles. The zero-order valence-corrected chi connectivity index (χ0v) is 9.93. The van der Waals surface area contributed by atoms with Crippen molar-refractivity contribution < 1.29 is 14.2 Å². The number of hydrogen-bond donors (Lipinski definition) is 0. The Hall–Kier alpha value is -1.06. The molecule has 0 radical (unpaired) electrons. The average Bonchev–Trinajstić information content (AvgIpc) is 2.79. The van der Waals surface area contributed by atoms with Gasteiger partial charge in [0, 0.05) is 25.9 Å². The predicted octanol–water partition coefficient (Wildman–Crippen LogP) is 2.40. The summed E-state index contributed by atoms with van der Waals surface area (Å²) in [6.45, 7) is 2.32. The van der Waals surface area contributed by atoms with Crippen LogP contribution in [0.2, 0.25) is 0 Å². The van der Waals surface area contributed by atoms with Crippen molar-refractivity contribution in [3.8, 4) is 5.75 Å². The van der Waals surface area contributed by atoms with Crippen LogP contribution in [0, 0.1) is 0 Å². The van der Waals surface area contributed by atoms with Gasteiger partial charge in [-0.2, -0.15) is 0 Å². The SMILES string of the molecule is c1ccc(OC2CCOC3(CCOC3)C2)cc1. The Balaban J connectivity index is 1.64. The van der Waals surface area contributed by atoms with Crippen molar-refractivity contribution >= 4 is 0 Å². The summed E-state index contributed by atoms with van der Waals surface area (Å²) in [5.74, 6) is 0.952. The maximum atomic E-state index is 6.01. The van der Waals surface area contributed by atoms with Crippen LogP contribution in [0.25, 0.3) is 0 Å². The molecule has 1 aromatic rings. The summed E-state index contributed by atoms with van der Waals surface area (Å²) in [6, 6.07) is 10.0. The molecule has 0 saturated carbocycles. The van der Waals surface area contributed by atoms with E-state index in [0.29, 0.717) is 0 Å². The second-order valence-electron chi connectivity index (χ2n) is 4.88. The topological polar surface area (TPSA) is 27.7 Å². The van der Waals surface area contributed by atoms with Crippen molar-refractivity contribution in [2.24, 2.45) is 0 Å². The first-order chi connectivity index (χ1) is 8.36. The molecule has 92 valence electrons. The molecule has 17 heavy (non-hydrogen) atoms. The van der Waals surface area contributed by atoms with E-state index in [9.17, 15) is 0 Å². The molecule has 0 N–H and O–H groups in total. The molecule has 2 fully saturated rings. The summed E-state index contributed by atoms with van der Waals surface area (Å²) in [5.41, 5.74) is -0.0717. The Morgan fingerprint density at radius 2 is 2.06 bits per heavy atom. The van der Waals surface area contributed by atoms with Gasteiger partial charge < -0.3 is 14.2 Å². The van der Waals surface area contributed by atoms with Crippen molar-refractivity contribution in [2.75, 3.05) is 19.8 Å². The molecule has 1 spiro atoms. The van der Waals surface area contributed by atoms with Crippen molar-refractivity contribution in [2.45, 2.75) is 31.0 Å². The van der Waals surface area contributed by atoms with Crippen LogP contribution in [0.1, 0.15) is 19.3 Å². The number of ether oxygens (including phenoxy) is 3. The molecule has 2 aliphatic heterocycles. The quantitative estimate of drug-likeness (QED) is 0.786. The summed E-state index contributed by atoms with van der Waals surface area (Å²) in [7, 11) is 0. The van der Waals surface area contributed by atoms with Gasteiger partial charge in [0.15, 0.2) is 0 Å². The maximum Gasteiger partial charge on any atom is 0.119 e. The van der Waals surface area contributed by atoms with Crippen LogP contribution in [-0.4, -0.2) is 31.5 Å². The third kappa shape index (κ3) is 2.45. The molecule has 3 rings (SSSR count). The van der Waals surface area contributed by atoms with E-state index in [4.69, 9.17) is 14.2 Å². The van der Waals surface area contributed by atoms with Gasteiger partial charge in [0.1, 0.15) is 11.9 Å². The smallest absolute Gasteiger partial charge is 0.119 e. The van der Waals surface area contributed by atoms with E-state index >= 15 is 0 Å². The van der Waals surface area contributed by atoms with Gasteiger partial charge in [-0.25, -0.2) is 0 Å². The number of benzene rings is 1. The fourth-order valence-corrected chi connectivity index (χ4v) is 2.64. The van der Waals surface area contributed by atoms with Crippen LogP contribution in [0.3, 0.4) is 0 Å². The van der Waals surface area contributed by atoms with Crippen LogP contribution in [-0.2, 0) is 9.47 Å². The van der Waals surface area contributed by atoms with Gasteiger partial charge in [-0.15, -0.1) is 0 Å². The summed E-state index contributed by atoms with van der Waals surface area (Å²) in [4.78, 5) is 0. The van der Waals surface area contributed by atoms with Crippen LogP contribution < -0.4 is 4.74 Å². The highest BCUT2D eigenvalue weighted by molar-refractivity contribution is 5.21. The van der Waals surface area contributed by atoms with Gasteiger partial charge in [-0.05, 0) is 12.1 Å². The molecule has 2 heterocycles. The largest absolute Gasteiger partial charge is 0.490 e. The Bertz CT molecular complexity index is 357. The summed E-state index contributed by atoms with van der Waals surface area (Å²) in [5, 5.41) is 0. The lowest BCUT2D eigenvalue weighted by molar-refractivity contribution is -0.112. The molecule has 2 unspecified atom stereocenters. The number of rotatable bonds is 2. The second-order valence-corrected chi connectivity index (χ2v) is 4.88.